The van der Waals surface area contributed by atoms with Crippen LogP contribution in [-0.2, 0) is 11.3 Å². The van der Waals surface area contributed by atoms with E-state index in [0.717, 1.165) is 31.7 Å². The molecule has 2 aromatic rings. The summed E-state index contributed by atoms with van der Waals surface area (Å²) in [5.74, 6) is 0.801. The van der Waals surface area contributed by atoms with Crippen LogP contribution < -0.4 is 5.32 Å². The summed E-state index contributed by atoms with van der Waals surface area (Å²) in [7, 11) is 0. The Morgan fingerprint density at radius 1 is 1.52 bits per heavy atom. The SMILES string of the molecule is C[C@@H](NC(=O)CN1CCCC[C@@H]1Cn1cncn1)c1ccco1. The molecule has 0 aromatic carbocycles. The van der Waals surface area contributed by atoms with E-state index >= 15 is 0 Å². The molecule has 7 nitrogen and oxygen atoms in total. The number of hydrogen-bond donors (Lipinski definition) is 1. The Morgan fingerprint density at radius 2 is 2.43 bits per heavy atom. The van der Waals surface area contributed by atoms with Crippen LogP contribution in [0.1, 0.15) is 38.0 Å². The summed E-state index contributed by atoms with van der Waals surface area (Å²) >= 11 is 0. The first-order valence-electron chi connectivity index (χ1n) is 8.11. The van der Waals surface area contributed by atoms with Crippen LogP contribution in [0.25, 0.3) is 0 Å². The van der Waals surface area contributed by atoms with Gasteiger partial charge in [-0.2, -0.15) is 5.10 Å². The summed E-state index contributed by atoms with van der Waals surface area (Å²) in [5, 5.41) is 7.17. The number of likely N-dealkylation sites (tertiary alicyclic amines) is 1. The number of piperidine rings is 1. The second-order valence-corrected chi connectivity index (χ2v) is 6.04. The number of aromatic nitrogens is 3. The first-order chi connectivity index (χ1) is 11.2. The van der Waals surface area contributed by atoms with Gasteiger partial charge >= 0.3 is 0 Å². The zero-order valence-electron chi connectivity index (χ0n) is 13.4. The minimum atomic E-state index is -0.115. The summed E-state index contributed by atoms with van der Waals surface area (Å²) in [6.45, 7) is 4.06. The van der Waals surface area contributed by atoms with Crippen LogP contribution in [0.15, 0.2) is 35.5 Å². The molecule has 0 aliphatic carbocycles. The van der Waals surface area contributed by atoms with Gasteiger partial charge in [0.1, 0.15) is 18.4 Å². The highest BCUT2D eigenvalue weighted by Gasteiger charge is 2.25. The van der Waals surface area contributed by atoms with Crippen molar-refractivity contribution in [3.05, 3.63) is 36.8 Å². The second-order valence-electron chi connectivity index (χ2n) is 6.04. The van der Waals surface area contributed by atoms with Gasteiger partial charge in [0.25, 0.3) is 0 Å². The molecule has 2 aromatic heterocycles. The number of hydrogen-bond acceptors (Lipinski definition) is 5. The molecule has 0 saturated carbocycles. The molecule has 0 radical (unpaired) electrons. The summed E-state index contributed by atoms with van der Waals surface area (Å²) < 4.78 is 7.17. The molecule has 124 valence electrons. The van der Waals surface area contributed by atoms with Crippen LogP contribution >= 0.6 is 0 Å². The van der Waals surface area contributed by atoms with Gasteiger partial charge in [0.15, 0.2) is 0 Å². The lowest BCUT2D eigenvalue weighted by atomic mass is 10.0. The lowest BCUT2D eigenvalue weighted by Crippen LogP contribution is -2.47. The van der Waals surface area contributed by atoms with E-state index in [2.05, 4.69) is 20.3 Å². The fourth-order valence-corrected chi connectivity index (χ4v) is 3.10. The molecule has 23 heavy (non-hydrogen) atoms. The largest absolute Gasteiger partial charge is 0.467 e. The molecular weight excluding hydrogens is 294 g/mol. The molecule has 0 spiro atoms. The van der Waals surface area contributed by atoms with E-state index in [1.165, 1.54) is 6.42 Å². The van der Waals surface area contributed by atoms with E-state index in [4.69, 9.17) is 4.42 Å². The van der Waals surface area contributed by atoms with Gasteiger partial charge in [-0.15, -0.1) is 0 Å². The highest BCUT2D eigenvalue weighted by Crippen LogP contribution is 2.18. The molecule has 1 fully saturated rings. The Bertz CT molecular complexity index is 596. The van der Waals surface area contributed by atoms with Crippen molar-refractivity contribution < 1.29 is 9.21 Å². The predicted molar refractivity (Wildman–Crippen MR) is 84.5 cm³/mol. The summed E-state index contributed by atoms with van der Waals surface area (Å²) in [6, 6.07) is 3.92. The molecule has 1 aliphatic heterocycles. The van der Waals surface area contributed by atoms with Crippen molar-refractivity contribution in [2.45, 2.75) is 44.8 Å². The maximum Gasteiger partial charge on any atom is 0.234 e. The highest BCUT2D eigenvalue weighted by molar-refractivity contribution is 5.78. The number of carbonyl (C=O) groups excluding carboxylic acids is 1. The first kappa shape index (κ1) is 15.7. The molecular formula is C16H23N5O2. The van der Waals surface area contributed by atoms with Crippen LogP contribution in [0, 0.1) is 0 Å². The van der Waals surface area contributed by atoms with Crippen molar-refractivity contribution in [2.75, 3.05) is 13.1 Å². The monoisotopic (exact) mass is 317 g/mol. The molecule has 7 heteroatoms. The lowest BCUT2D eigenvalue weighted by molar-refractivity contribution is -0.124. The van der Waals surface area contributed by atoms with Crippen LogP contribution in [0.3, 0.4) is 0 Å². The van der Waals surface area contributed by atoms with Gasteiger partial charge in [-0.25, -0.2) is 4.98 Å². The summed E-state index contributed by atoms with van der Waals surface area (Å²) in [4.78, 5) is 18.6. The summed E-state index contributed by atoms with van der Waals surface area (Å²) in [6.07, 6.45) is 8.31. The van der Waals surface area contributed by atoms with E-state index in [-0.39, 0.29) is 11.9 Å². The van der Waals surface area contributed by atoms with E-state index < -0.39 is 0 Å². The van der Waals surface area contributed by atoms with Crippen molar-refractivity contribution in [2.24, 2.45) is 0 Å². The van der Waals surface area contributed by atoms with Crippen LogP contribution in [0.2, 0.25) is 0 Å². The zero-order valence-corrected chi connectivity index (χ0v) is 13.4. The number of amides is 1. The van der Waals surface area contributed by atoms with Crippen LogP contribution in [0.4, 0.5) is 0 Å². The first-order valence-corrected chi connectivity index (χ1v) is 8.11. The minimum Gasteiger partial charge on any atom is -0.467 e. The fourth-order valence-electron chi connectivity index (χ4n) is 3.10. The van der Waals surface area contributed by atoms with Crippen LogP contribution in [0.5, 0.6) is 0 Å². The predicted octanol–water partition coefficient (Wildman–Crippen LogP) is 1.60. The third kappa shape index (κ3) is 4.19. The molecule has 1 N–H and O–H groups in total. The maximum atomic E-state index is 12.3. The van der Waals surface area contributed by atoms with Crippen LogP contribution in [-0.4, -0.2) is 44.7 Å². The highest BCUT2D eigenvalue weighted by atomic mass is 16.3. The van der Waals surface area contributed by atoms with Crippen molar-refractivity contribution in [3.8, 4) is 0 Å². The smallest absolute Gasteiger partial charge is 0.234 e. The summed E-state index contributed by atoms with van der Waals surface area (Å²) in [5.41, 5.74) is 0. The topological polar surface area (TPSA) is 76.2 Å². The van der Waals surface area contributed by atoms with E-state index in [9.17, 15) is 4.79 Å². The number of carbonyl (C=O) groups is 1. The Labute approximate surface area is 135 Å². The number of nitrogens with one attached hydrogen (secondary N) is 1. The fraction of sp³-hybridized carbons (Fsp3) is 0.562. The lowest BCUT2D eigenvalue weighted by Gasteiger charge is -2.35. The number of furan rings is 1. The zero-order chi connectivity index (χ0) is 16.1. The normalized spacial score (nSPS) is 20.3. The van der Waals surface area contributed by atoms with Crippen molar-refractivity contribution in [1.82, 2.24) is 25.0 Å². The Hall–Kier alpha value is -2.15. The molecule has 1 aliphatic rings. The van der Waals surface area contributed by atoms with Gasteiger partial charge in [0.2, 0.25) is 5.91 Å². The molecule has 0 bridgehead atoms. The van der Waals surface area contributed by atoms with Gasteiger partial charge in [-0.1, -0.05) is 6.42 Å². The third-order valence-corrected chi connectivity index (χ3v) is 4.31. The Balaban J connectivity index is 1.54. The van der Waals surface area contributed by atoms with E-state index in [0.29, 0.717) is 12.6 Å². The quantitative estimate of drug-likeness (QED) is 0.876. The van der Waals surface area contributed by atoms with Crippen molar-refractivity contribution in [3.63, 3.8) is 0 Å². The molecule has 3 rings (SSSR count). The van der Waals surface area contributed by atoms with Gasteiger partial charge in [-0.05, 0) is 38.4 Å². The molecule has 0 unspecified atom stereocenters. The molecule has 1 amide bonds. The number of nitrogens with zero attached hydrogens (tertiary/aromatic N) is 4. The molecule has 1 saturated heterocycles. The van der Waals surface area contributed by atoms with Gasteiger partial charge < -0.3 is 9.73 Å². The molecule has 2 atom stereocenters. The van der Waals surface area contributed by atoms with Gasteiger partial charge in [-0.3, -0.25) is 14.4 Å². The third-order valence-electron chi connectivity index (χ3n) is 4.31. The van der Waals surface area contributed by atoms with Crippen molar-refractivity contribution >= 4 is 5.91 Å². The Morgan fingerprint density at radius 3 is 3.17 bits per heavy atom. The second kappa shape index (κ2) is 7.41. The average Bonchev–Trinajstić information content (AvgIpc) is 3.22. The van der Waals surface area contributed by atoms with Crippen molar-refractivity contribution in [1.29, 1.82) is 0 Å². The van der Waals surface area contributed by atoms with E-state index in [1.807, 2.05) is 23.7 Å². The molecule has 3 heterocycles. The number of rotatable bonds is 6. The standard InChI is InChI=1S/C16H23N5O2/c1-13(15-6-4-8-23-15)19-16(22)10-20-7-3-2-5-14(20)9-21-12-17-11-18-21/h4,6,8,11-14H,2-3,5,7,9-10H2,1H3,(H,19,22)/t13-,14-/m1/s1. The maximum absolute atomic E-state index is 12.3. The minimum absolute atomic E-state index is 0.0272. The Kier molecular flexibility index (Phi) is 5.07. The van der Waals surface area contributed by atoms with E-state index in [1.54, 1.807) is 18.9 Å². The van der Waals surface area contributed by atoms with Gasteiger partial charge in [0.05, 0.1) is 25.4 Å². The van der Waals surface area contributed by atoms with Gasteiger partial charge in [0, 0.05) is 6.04 Å². The average molecular weight is 317 g/mol.